The van der Waals surface area contributed by atoms with Crippen LogP contribution in [0.1, 0.15) is 42.7 Å². The highest BCUT2D eigenvalue weighted by atomic mass is 19.4. The molecule has 0 radical (unpaired) electrons. The third-order valence-corrected chi connectivity index (χ3v) is 4.10. The number of carbonyl (C=O) groups is 2. The number of nitrogens with one attached hydrogen (secondary N) is 1. The number of allylic oxidation sites excluding steroid dienone is 2. The molecule has 1 aliphatic carbocycles. The van der Waals surface area contributed by atoms with E-state index in [-0.39, 0.29) is 18.1 Å². The molecule has 2 aliphatic rings. The molecule has 6 heteroatoms. The summed E-state index contributed by atoms with van der Waals surface area (Å²) >= 11 is 0. The first-order valence-electron chi connectivity index (χ1n) is 7.09. The lowest BCUT2D eigenvalue weighted by molar-refractivity contribution is -0.137. The lowest BCUT2D eigenvalue weighted by atomic mass is 9.78. The van der Waals surface area contributed by atoms with Crippen molar-refractivity contribution < 1.29 is 22.8 Å². The van der Waals surface area contributed by atoms with E-state index in [0.717, 1.165) is 12.1 Å². The highest BCUT2D eigenvalue weighted by molar-refractivity contribution is 6.01. The Kier molecular flexibility index (Phi) is 3.54. The summed E-state index contributed by atoms with van der Waals surface area (Å²) in [6, 6.07) is 4.89. The summed E-state index contributed by atoms with van der Waals surface area (Å²) in [5.41, 5.74) is 0.661. The van der Waals surface area contributed by atoms with Crippen molar-refractivity contribution in [3.8, 4) is 0 Å². The minimum absolute atomic E-state index is 0.00584. The standard InChI is InChI=1S/C16H14F3NO2/c17-16(18,19)10-4-1-3-9(7-10)11-8-14(22)20-12-5-2-6-13(21)15(11)12/h1,3-4,7,11H,2,5-6,8H2,(H,20,22)/t11-/m0/s1. The number of hydrogen-bond acceptors (Lipinski definition) is 2. The Morgan fingerprint density at radius 2 is 1.91 bits per heavy atom. The van der Waals surface area contributed by atoms with Gasteiger partial charge < -0.3 is 5.32 Å². The minimum Gasteiger partial charge on any atom is -0.329 e. The third-order valence-electron chi connectivity index (χ3n) is 4.10. The molecule has 1 amide bonds. The lowest BCUT2D eigenvalue weighted by Crippen LogP contribution is -2.36. The van der Waals surface area contributed by atoms with Gasteiger partial charge in [0.1, 0.15) is 0 Å². The van der Waals surface area contributed by atoms with Gasteiger partial charge in [0.15, 0.2) is 5.78 Å². The first-order chi connectivity index (χ1) is 10.4. The minimum atomic E-state index is -4.44. The number of benzene rings is 1. The normalized spacial score (nSPS) is 22.4. The van der Waals surface area contributed by atoms with E-state index in [1.165, 1.54) is 6.07 Å². The first-order valence-corrected chi connectivity index (χ1v) is 7.09. The van der Waals surface area contributed by atoms with E-state index in [4.69, 9.17) is 0 Å². The molecule has 1 heterocycles. The number of carbonyl (C=O) groups excluding carboxylic acids is 2. The average Bonchev–Trinajstić information content (AvgIpc) is 2.45. The first kappa shape index (κ1) is 14.8. The summed E-state index contributed by atoms with van der Waals surface area (Å²) in [5, 5.41) is 2.69. The van der Waals surface area contributed by atoms with Gasteiger partial charge in [-0.2, -0.15) is 13.2 Å². The van der Waals surface area contributed by atoms with Crippen LogP contribution < -0.4 is 5.32 Å². The van der Waals surface area contributed by atoms with Crippen LogP contribution in [0.15, 0.2) is 35.5 Å². The molecule has 116 valence electrons. The van der Waals surface area contributed by atoms with E-state index in [1.807, 2.05) is 0 Å². The predicted molar refractivity (Wildman–Crippen MR) is 72.8 cm³/mol. The number of halogens is 3. The number of hydrogen-bond donors (Lipinski definition) is 1. The third kappa shape index (κ3) is 2.65. The highest BCUT2D eigenvalue weighted by Crippen LogP contribution is 2.39. The zero-order chi connectivity index (χ0) is 15.9. The average molecular weight is 309 g/mol. The molecule has 0 spiro atoms. The van der Waals surface area contributed by atoms with Crippen LogP contribution in [0.2, 0.25) is 0 Å². The van der Waals surface area contributed by atoms with E-state index in [9.17, 15) is 22.8 Å². The highest BCUT2D eigenvalue weighted by Gasteiger charge is 2.36. The smallest absolute Gasteiger partial charge is 0.329 e. The van der Waals surface area contributed by atoms with Crippen molar-refractivity contribution in [3.05, 3.63) is 46.7 Å². The summed E-state index contributed by atoms with van der Waals surface area (Å²) in [4.78, 5) is 24.0. The summed E-state index contributed by atoms with van der Waals surface area (Å²) in [6.07, 6.45) is -2.81. The molecule has 0 bridgehead atoms. The number of rotatable bonds is 1. The molecule has 0 fully saturated rings. The van der Waals surface area contributed by atoms with Crippen LogP contribution >= 0.6 is 0 Å². The second kappa shape index (κ2) is 5.26. The van der Waals surface area contributed by atoms with Crippen LogP contribution in [0.25, 0.3) is 0 Å². The van der Waals surface area contributed by atoms with Crippen LogP contribution in [-0.2, 0) is 15.8 Å². The van der Waals surface area contributed by atoms with Gasteiger partial charge in [0.05, 0.1) is 5.56 Å². The van der Waals surface area contributed by atoms with Crippen LogP contribution in [0.4, 0.5) is 13.2 Å². The topological polar surface area (TPSA) is 46.2 Å². The molecule has 1 atom stereocenters. The molecule has 3 rings (SSSR count). The summed E-state index contributed by atoms with van der Waals surface area (Å²) in [7, 11) is 0. The molecule has 1 aromatic rings. The summed E-state index contributed by atoms with van der Waals surface area (Å²) in [5.74, 6) is -0.918. The van der Waals surface area contributed by atoms with Crippen LogP contribution in [0.5, 0.6) is 0 Å². The maximum absolute atomic E-state index is 12.9. The number of alkyl halides is 3. The van der Waals surface area contributed by atoms with E-state index in [0.29, 0.717) is 36.1 Å². The van der Waals surface area contributed by atoms with Gasteiger partial charge in [-0.25, -0.2) is 0 Å². The van der Waals surface area contributed by atoms with Gasteiger partial charge in [-0.15, -0.1) is 0 Å². The molecular formula is C16H14F3NO2. The molecule has 1 aromatic carbocycles. The van der Waals surface area contributed by atoms with E-state index < -0.39 is 17.7 Å². The van der Waals surface area contributed by atoms with Gasteiger partial charge >= 0.3 is 6.18 Å². The Bertz CT molecular complexity index is 676. The molecule has 0 saturated carbocycles. The van der Waals surface area contributed by atoms with Gasteiger partial charge in [-0.1, -0.05) is 18.2 Å². The molecule has 3 nitrogen and oxygen atoms in total. The molecule has 22 heavy (non-hydrogen) atoms. The van der Waals surface area contributed by atoms with E-state index in [2.05, 4.69) is 5.32 Å². The summed E-state index contributed by atoms with van der Waals surface area (Å²) < 4.78 is 38.6. The van der Waals surface area contributed by atoms with Gasteiger partial charge in [0.2, 0.25) is 5.91 Å². The monoisotopic (exact) mass is 309 g/mol. The van der Waals surface area contributed by atoms with Crippen molar-refractivity contribution in [2.75, 3.05) is 0 Å². The number of ketones is 1. The Morgan fingerprint density at radius 1 is 1.14 bits per heavy atom. The molecule has 1 aliphatic heterocycles. The van der Waals surface area contributed by atoms with Crippen molar-refractivity contribution in [1.29, 1.82) is 0 Å². The fraction of sp³-hybridized carbons (Fsp3) is 0.375. The Labute approximate surface area is 125 Å². The van der Waals surface area contributed by atoms with Crippen molar-refractivity contribution in [3.63, 3.8) is 0 Å². The number of Topliss-reactive ketones (excluding diaryl/α,β-unsaturated/α-hetero) is 1. The lowest BCUT2D eigenvalue weighted by Gasteiger charge is -2.31. The van der Waals surface area contributed by atoms with Crippen LogP contribution in [-0.4, -0.2) is 11.7 Å². The largest absolute Gasteiger partial charge is 0.416 e. The molecule has 1 N–H and O–H groups in total. The van der Waals surface area contributed by atoms with Crippen molar-refractivity contribution >= 4 is 11.7 Å². The van der Waals surface area contributed by atoms with Crippen molar-refractivity contribution in [1.82, 2.24) is 5.32 Å². The SMILES string of the molecule is O=C1C[C@@H](c2cccc(C(F)(F)F)c2)C2=C(CCCC2=O)N1. The van der Waals surface area contributed by atoms with Gasteiger partial charge in [0, 0.05) is 30.0 Å². The van der Waals surface area contributed by atoms with Gasteiger partial charge in [0.25, 0.3) is 0 Å². The second-order valence-corrected chi connectivity index (χ2v) is 5.60. The van der Waals surface area contributed by atoms with Gasteiger partial charge in [-0.05, 0) is 24.5 Å². The Morgan fingerprint density at radius 3 is 2.64 bits per heavy atom. The molecule has 0 unspecified atom stereocenters. The zero-order valence-corrected chi connectivity index (χ0v) is 11.7. The number of amides is 1. The molecule has 0 aromatic heterocycles. The quantitative estimate of drug-likeness (QED) is 0.865. The van der Waals surface area contributed by atoms with Crippen molar-refractivity contribution in [2.24, 2.45) is 0 Å². The maximum atomic E-state index is 12.9. The van der Waals surface area contributed by atoms with Crippen molar-refractivity contribution in [2.45, 2.75) is 37.8 Å². The Balaban J connectivity index is 2.06. The second-order valence-electron chi connectivity index (χ2n) is 5.60. The fourth-order valence-corrected chi connectivity index (χ4v) is 3.12. The van der Waals surface area contributed by atoms with E-state index >= 15 is 0 Å². The molecule has 0 saturated heterocycles. The van der Waals surface area contributed by atoms with Crippen LogP contribution in [0, 0.1) is 0 Å². The van der Waals surface area contributed by atoms with Gasteiger partial charge in [-0.3, -0.25) is 9.59 Å². The fourth-order valence-electron chi connectivity index (χ4n) is 3.12. The molecular weight excluding hydrogens is 295 g/mol. The summed E-state index contributed by atoms with van der Waals surface area (Å²) in [6.45, 7) is 0. The predicted octanol–water partition coefficient (Wildman–Crippen LogP) is 3.32. The van der Waals surface area contributed by atoms with Crippen LogP contribution in [0.3, 0.4) is 0 Å². The van der Waals surface area contributed by atoms with E-state index in [1.54, 1.807) is 6.07 Å². The maximum Gasteiger partial charge on any atom is 0.416 e. The zero-order valence-electron chi connectivity index (χ0n) is 11.7. The Hall–Kier alpha value is -2.11.